The smallest absolute Gasteiger partial charge is 0.260 e. The summed E-state index contributed by atoms with van der Waals surface area (Å²) in [6.07, 6.45) is 3.99. The lowest BCUT2D eigenvalue weighted by Gasteiger charge is -2.06. The first-order valence-electron chi connectivity index (χ1n) is 8.55. The highest BCUT2D eigenvalue weighted by molar-refractivity contribution is 9.10. The van der Waals surface area contributed by atoms with Gasteiger partial charge in [-0.05, 0) is 60.5 Å². The van der Waals surface area contributed by atoms with Crippen molar-refractivity contribution < 1.29 is 9.21 Å². The van der Waals surface area contributed by atoms with Crippen molar-refractivity contribution in [3.8, 4) is 11.3 Å². The molecule has 0 radical (unpaired) electrons. The first kappa shape index (κ1) is 17.5. The number of fused-ring (bicyclic) bond motifs is 1. The Kier molecular flexibility index (Phi) is 4.36. The quantitative estimate of drug-likeness (QED) is 0.470. The van der Waals surface area contributed by atoms with Gasteiger partial charge in [0.15, 0.2) is 0 Å². The second kappa shape index (κ2) is 6.70. The highest BCUT2D eigenvalue weighted by Crippen LogP contribution is 2.28. The third-order valence-corrected chi connectivity index (χ3v) is 5.49. The van der Waals surface area contributed by atoms with Crippen molar-refractivity contribution >= 4 is 33.2 Å². The van der Waals surface area contributed by atoms with E-state index in [0.29, 0.717) is 27.2 Å². The Morgan fingerprint density at radius 1 is 1.11 bits per heavy atom. The number of rotatable bonds is 3. The van der Waals surface area contributed by atoms with Gasteiger partial charge in [0, 0.05) is 23.6 Å². The Bertz CT molecular complexity index is 1160. The first-order valence-corrected chi connectivity index (χ1v) is 9.35. The standard InChI is InChI=1S/C21H18BrN3O2/c1-12-5-4-10-25-11-17(24-20(12)25)15-6-8-16(9-7-15)23-21(26)18-13(2)27-14(3)19(18)22/h4-11H,1-3H3,(H,23,26). The Hall–Kier alpha value is -2.86. The number of nitrogens with one attached hydrogen (secondary N) is 1. The van der Waals surface area contributed by atoms with Crippen LogP contribution in [0, 0.1) is 20.8 Å². The fourth-order valence-electron chi connectivity index (χ4n) is 3.13. The fourth-order valence-corrected chi connectivity index (χ4v) is 3.67. The number of halogens is 1. The molecular formula is C21H18BrN3O2. The summed E-state index contributed by atoms with van der Waals surface area (Å²) in [5.41, 5.74) is 5.20. The number of nitrogens with zero attached hydrogens (tertiary/aromatic N) is 2. The highest BCUT2D eigenvalue weighted by Gasteiger charge is 2.20. The molecule has 0 aliphatic carbocycles. The van der Waals surface area contributed by atoms with E-state index >= 15 is 0 Å². The van der Waals surface area contributed by atoms with Gasteiger partial charge in [-0.25, -0.2) is 4.98 Å². The fraction of sp³-hybridized carbons (Fsp3) is 0.143. The van der Waals surface area contributed by atoms with Crippen LogP contribution in [0.1, 0.15) is 27.4 Å². The highest BCUT2D eigenvalue weighted by atomic mass is 79.9. The van der Waals surface area contributed by atoms with Crippen LogP contribution < -0.4 is 5.32 Å². The molecule has 0 saturated carbocycles. The van der Waals surface area contributed by atoms with Gasteiger partial charge in [0.05, 0.1) is 15.7 Å². The number of pyridine rings is 1. The Morgan fingerprint density at radius 2 is 1.85 bits per heavy atom. The van der Waals surface area contributed by atoms with Crippen molar-refractivity contribution in [2.24, 2.45) is 0 Å². The van der Waals surface area contributed by atoms with E-state index in [1.54, 1.807) is 6.92 Å². The molecule has 1 N–H and O–H groups in total. The van der Waals surface area contributed by atoms with Crippen LogP contribution in [0.2, 0.25) is 0 Å². The van der Waals surface area contributed by atoms with Crippen molar-refractivity contribution in [3.63, 3.8) is 0 Å². The zero-order valence-corrected chi connectivity index (χ0v) is 16.8. The molecule has 6 heteroatoms. The summed E-state index contributed by atoms with van der Waals surface area (Å²) in [5, 5.41) is 2.91. The van der Waals surface area contributed by atoms with Crippen molar-refractivity contribution in [1.82, 2.24) is 9.38 Å². The van der Waals surface area contributed by atoms with E-state index in [1.807, 2.05) is 67.0 Å². The molecule has 3 heterocycles. The minimum Gasteiger partial charge on any atom is -0.465 e. The summed E-state index contributed by atoms with van der Waals surface area (Å²) >= 11 is 3.41. The molecule has 0 unspecified atom stereocenters. The molecular weight excluding hydrogens is 406 g/mol. The molecule has 1 aromatic carbocycles. The summed E-state index contributed by atoms with van der Waals surface area (Å²) in [5.74, 6) is 1.08. The molecule has 0 bridgehead atoms. The summed E-state index contributed by atoms with van der Waals surface area (Å²) in [6, 6.07) is 11.7. The average molecular weight is 424 g/mol. The number of benzene rings is 1. The molecule has 0 atom stereocenters. The number of anilines is 1. The maximum absolute atomic E-state index is 12.6. The monoisotopic (exact) mass is 423 g/mol. The lowest BCUT2D eigenvalue weighted by Crippen LogP contribution is -2.12. The Morgan fingerprint density at radius 3 is 2.48 bits per heavy atom. The number of furan rings is 1. The number of carbonyl (C=O) groups is 1. The molecule has 0 fully saturated rings. The van der Waals surface area contributed by atoms with Gasteiger partial charge < -0.3 is 14.1 Å². The van der Waals surface area contributed by atoms with Crippen LogP contribution in [0.4, 0.5) is 5.69 Å². The van der Waals surface area contributed by atoms with Gasteiger partial charge in [-0.15, -0.1) is 0 Å². The first-order chi connectivity index (χ1) is 12.9. The van der Waals surface area contributed by atoms with Crippen LogP contribution in [0.3, 0.4) is 0 Å². The van der Waals surface area contributed by atoms with Crippen LogP contribution in [0.5, 0.6) is 0 Å². The van der Waals surface area contributed by atoms with Gasteiger partial charge in [-0.1, -0.05) is 18.2 Å². The van der Waals surface area contributed by atoms with Crippen molar-refractivity contribution in [1.29, 1.82) is 0 Å². The van der Waals surface area contributed by atoms with Crippen molar-refractivity contribution in [3.05, 3.63) is 75.9 Å². The molecule has 0 aliphatic heterocycles. The van der Waals surface area contributed by atoms with E-state index in [0.717, 1.165) is 22.5 Å². The zero-order chi connectivity index (χ0) is 19.1. The van der Waals surface area contributed by atoms with Crippen LogP contribution in [0.25, 0.3) is 16.9 Å². The minimum atomic E-state index is -0.202. The summed E-state index contributed by atoms with van der Waals surface area (Å²) in [4.78, 5) is 17.3. The second-order valence-electron chi connectivity index (χ2n) is 6.48. The van der Waals surface area contributed by atoms with Crippen molar-refractivity contribution in [2.45, 2.75) is 20.8 Å². The summed E-state index contributed by atoms with van der Waals surface area (Å²) in [7, 11) is 0. The van der Waals surface area contributed by atoms with E-state index in [4.69, 9.17) is 9.40 Å². The molecule has 136 valence electrons. The van der Waals surface area contributed by atoms with Gasteiger partial charge in [-0.3, -0.25) is 4.79 Å². The van der Waals surface area contributed by atoms with E-state index in [1.165, 1.54) is 0 Å². The number of hydrogen-bond donors (Lipinski definition) is 1. The molecule has 5 nitrogen and oxygen atoms in total. The molecule has 0 saturated heterocycles. The summed E-state index contributed by atoms with van der Waals surface area (Å²) in [6.45, 7) is 5.64. The van der Waals surface area contributed by atoms with Gasteiger partial charge in [0.25, 0.3) is 5.91 Å². The zero-order valence-electron chi connectivity index (χ0n) is 15.2. The molecule has 1 amide bonds. The largest absolute Gasteiger partial charge is 0.465 e. The topological polar surface area (TPSA) is 59.5 Å². The molecule has 3 aromatic heterocycles. The predicted octanol–water partition coefficient (Wildman–Crippen LogP) is 5.53. The lowest BCUT2D eigenvalue weighted by molar-refractivity contribution is 0.102. The number of aryl methyl sites for hydroxylation is 3. The molecule has 0 spiro atoms. The Balaban J connectivity index is 1.58. The number of amides is 1. The SMILES string of the molecule is Cc1oc(C)c(C(=O)Nc2ccc(-c3cn4cccc(C)c4n3)cc2)c1Br. The number of imidazole rings is 1. The molecule has 4 rings (SSSR count). The van der Waals surface area contributed by atoms with Crippen LogP contribution in [-0.4, -0.2) is 15.3 Å². The molecule has 0 aliphatic rings. The second-order valence-corrected chi connectivity index (χ2v) is 7.28. The van der Waals surface area contributed by atoms with E-state index in [2.05, 4.69) is 21.2 Å². The molecule has 27 heavy (non-hydrogen) atoms. The number of carbonyl (C=O) groups excluding carboxylic acids is 1. The lowest BCUT2D eigenvalue weighted by atomic mass is 10.1. The molecule has 4 aromatic rings. The van der Waals surface area contributed by atoms with E-state index in [-0.39, 0.29) is 5.91 Å². The average Bonchev–Trinajstić information content (AvgIpc) is 3.18. The summed E-state index contributed by atoms with van der Waals surface area (Å²) < 4.78 is 8.21. The van der Waals surface area contributed by atoms with Gasteiger partial charge >= 0.3 is 0 Å². The maximum atomic E-state index is 12.6. The third kappa shape index (κ3) is 3.17. The van der Waals surface area contributed by atoms with Crippen LogP contribution >= 0.6 is 15.9 Å². The minimum absolute atomic E-state index is 0.202. The van der Waals surface area contributed by atoms with Gasteiger partial charge in [-0.2, -0.15) is 0 Å². The van der Waals surface area contributed by atoms with Gasteiger partial charge in [0.1, 0.15) is 17.2 Å². The van der Waals surface area contributed by atoms with Crippen LogP contribution in [-0.2, 0) is 0 Å². The van der Waals surface area contributed by atoms with E-state index < -0.39 is 0 Å². The van der Waals surface area contributed by atoms with Crippen LogP contribution in [0.15, 0.2) is 57.7 Å². The number of aromatic nitrogens is 2. The third-order valence-electron chi connectivity index (χ3n) is 4.53. The Labute approximate surface area is 165 Å². The number of hydrogen-bond acceptors (Lipinski definition) is 3. The van der Waals surface area contributed by atoms with Gasteiger partial charge in [0.2, 0.25) is 0 Å². The maximum Gasteiger partial charge on any atom is 0.260 e. The normalized spacial score (nSPS) is 11.1. The predicted molar refractivity (Wildman–Crippen MR) is 109 cm³/mol. The van der Waals surface area contributed by atoms with E-state index in [9.17, 15) is 4.79 Å². The van der Waals surface area contributed by atoms with Crippen molar-refractivity contribution in [2.75, 3.05) is 5.32 Å².